The molecule has 0 atom stereocenters. The van der Waals surface area contributed by atoms with E-state index in [0.717, 1.165) is 20.0 Å². The molecule has 0 aliphatic rings. The van der Waals surface area contributed by atoms with E-state index in [0.29, 0.717) is 11.3 Å². The second-order valence-corrected chi connectivity index (χ2v) is 8.00. The van der Waals surface area contributed by atoms with Crippen molar-refractivity contribution in [3.05, 3.63) is 86.9 Å². The van der Waals surface area contributed by atoms with Crippen LogP contribution < -0.4 is 5.32 Å². The van der Waals surface area contributed by atoms with Crippen molar-refractivity contribution in [1.82, 2.24) is 0 Å². The van der Waals surface area contributed by atoms with Gasteiger partial charge in [0.2, 0.25) is 5.91 Å². The number of nitro benzene ring substituents is 1. The van der Waals surface area contributed by atoms with Gasteiger partial charge in [0.1, 0.15) is 0 Å². The third kappa shape index (κ3) is 5.75. The van der Waals surface area contributed by atoms with Gasteiger partial charge < -0.3 is 5.32 Å². The highest BCUT2D eigenvalue weighted by molar-refractivity contribution is 9.10. The quantitative estimate of drug-likeness (QED) is 0.263. The monoisotopic (exact) mass is 469 g/mol. The molecule has 3 aromatic carbocycles. The average Bonchev–Trinajstić information content (AvgIpc) is 2.68. The Morgan fingerprint density at radius 2 is 1.90 bits per heavy atom. The third-order valence-corrected chi connectivity index (χ3v) is 5.44. The minimum atomic E-state index is -0.434. The number of nitrogens with zero attached hydrogens (tertiary/aromatic N) is 2. The lowest BCUT2D eigenvalue weighted by molar-refractivity contribution is -0.384. The number of amides is 1. The third-order valence-electron chi connectivity index (χ3n) is 3.78. The molecule has 0 aliphatic carbocycles. The number of benzene rings is 3. The summed E-state index contributed by atoms with van der Waals surface area (Å²) >= 11 is 4.81. The van der Waals surface area contributed by atoms with Gasteiger partial charge in [-0.25, -0.2) is 0 Å². The van der Waals surface area contributed by atoms with Crippen molar-refractivity contribution in [3.8, 4) is 0 Å². The first-order chi connectivity index (χ1) is 13.9. The van der Waals surface area contributed by atoms with Crippen LogP contribution in [-0.4, -0.2) is 17.0 Å². The van der Waals surface area contributed by atoms with Crippen LogP contribution in [0.1, 0.15) is 12.5 Å². The van der Waals surface area contributed by atoms with E-state index in [-0.39, 0.29) is 11.6 Å². The van der Waals surface area contributed by atoms with Crippen molar-refractivity contribution in [2.24, 2.45) is 4.99 Å². The van der Waals surface area contributed by atoms with E-state index in [9.17, 15) is 14.9 Å². The van der Waals surface area contributed by atoms with Crippen LogP contribution in [0.3, 0.4) is 0 Å². The lowest BCUT2D eigenvalue weighted by Crippen LogP contribution is -2.06. The van der Waals surface area contributed by atoms with Crippen LogP contribution in [0.4, 0.5) is 17.1 Å². The fourth-order valence-corrected chi connectivity index (χ4v) is 3.88. The normalized spacial score (nSPS) is 10.8. The maximum atomic E-state index is 11.5. The van der Waals surface area contributed by atoms with Crippen molar-refractivity contribution < 1.29 is 9.72 Å². The van der Waals surface area contributed by atoms with E-state index in [1.54, 1.807) is 12.3 Å². The molecular formula is C21H16BrN3O3S. The van der Waals surface area contributed by atoms with Gasteiger partial charge in [-0.3, -0.25) is 19.9 Å². The number of carbonyl (C=O) groups excluding carboxylic acids is 1. The molecule has 0 aromatic heterocycles. The van der Waals surface area contributed by atoms with Crippen LogP contribution in [0.25, 0.3) is 0 Å². The molecular weight excluding hydrogens is 454 g/mol. The summed E-state index contributed by atoms with van der Waals surface area (Å²) in [7, 11) is 0. The molecule has 0 bridgehead atoms. The number of nitrogens with one attached hydrogen (secondary N) is 1. The number of hydrogen-bond donors (Lipinski definition) is 1. The molecule has 0 heterocycles. The Hall–Kier alpha value is -2.97. The summed E-state index contributed by atoms with van der Waals surface area (Å²) < 4.78 is 0.894. The molecule has 8 heteroatoms. The maximum Gasteiger partial charge on any atom is 0.270 e. The number of rotatable bonds is 6. The number of non-ortho nitro benzene ring substituents is 1. The molecule has 0 aliphatic heterocycles. The van der Waals surface area contributed by atoms with E-state index in [1.807, 2.05) is 48.5 Å². The van der Waals surface area contributed by atoms with Crippen molar-refractivity contribution in [2.75, 3.05) is 5.32 Å². The van der Waals surface area contributed by atoms with Crippen molar-refractivity contribution in [2.45, 2.75) is 16.7 Å². The zero-order valence-electron chi connectivity index (χ0n) is 15.3. The van der Waals surface area contributed by atoms with E-state index in [2.05, 4.69) is 26.2 Å². The molecule has 3 aromatic rings. The zero-order chi connectivity index (χ0) is 20.8. The molecule has 146 valence electrons. The second kappa shape index (κ2) is 9.49. The van der Waals surface area contributed by atoms with Gasteiger partial charge in [-0.05, 0) is 36.4 Å². The summed E-state index contributed by atoms with van der Waals surface area (Å²) in [4.78, 5) is 28.3. The number of aliphatic imine (C=N–C) groups is 1. The van der Waals surface area contributed by atoms with E-state index < -0.39 is 4.92 Å². The lowest BCUT2D eigenvalue weighted by Gasteiger charge is -2.11. The molecule has 29 heavy (non-hydrogen) atoms. The van der Waals surface area contributed by atoms with E-state index in [1.165, 1.54) is 30.8 Å². The Morgan fingerprint density at radius 3 is 2.62 bits per heavy atom. The Labute approximate surface area is 180 Å². The average molecular weight is 470 g/mol. The maximum absolute atomic E-state index is 11.5. The molecule has 1 N–H and O–H groups in total. The highest BCUT2D eigenvalue weighted by Gasteiger charge is 2.13. The Morgan fingerprint density at radius 1 is 1.10 bits per heavy atom. The molecule has 6 nitrogen and oxygen atoms in total. The Bertz CT molecular complexity index is 1100. The Balaban J connectivity index is 1.99. The number of halogens is 1. The van der Waals surface area contributed by atoms with Gasteiger partial charge in [-0.2, -0.15) is 0 Å². The first kappa shape index (κ1) is 20.8. The molecule has 0 saturated heterocycles. The lowest BCUT2D eigenvalue weighted by atomic mass is 10.2. The van der Waals surface area contributed by atoms with Gasteiger partial charge >= 0.3 is 0 Å². The van der Waals surface area contributed by atoms with E-state index in [4.69, 9.17) is 0 Å². The topological polar surface area (TPSA) is 84.6 Å². The van der Waals surface area contributed by atoms with Crippen LogP contribution in [-0.2, 0) is 4.79 Å². The fourth-order valence-electron chi connectivity index (χ4n) is 2.51. The summed E-state index contributed by atoms with van der Waals surface area (Å²) in [6.45, 7) is 1.45. The zero-order valence-corrected chi connectivity index (χ0v) is 17.7. The van der Waals surface area contributed by atoms with Crippen LogP contribution in [0.2, 0.25) is 0 Å². The molecule has 0 saturated carbocycles. The fraction of sp³-hybridized carbons (Fsp3) is 0.0476. The predicted octanol–water partition coefficient (Wildman–Crippen LogP) is 6.22. The standard InChI is InChI=1S/C21H16BrN3O3S/c1-14(26)24-19-7-2-3-8-21(19)29-20-10-9-18(25(27)28)11-15(20)13-23-17-6-4-5-16(22)12-17/h2-13H,1H3,(H,24,26). The molecule has 1 amide bonds. The highest BCUT2D eigenvalue weighted by atomic mass is 79.9. The van der Waals surface area contributed by atoms with Gasteiger partial charge in [0.15, 0.2) is 0 Å². The number of hydrogen-bond acceptors (Lipinski definition) is 5. The number of nitro groups is 1. The highest BCUT2D eigenvalue weighted by Crippen LogP contribution is 2.36. The number of anilines is 1. The van der Waals surface area contributed by atoms with Crippen molar-refractivity contribution in [3.63, 3.8) is 0 Å². The minimum absolute atomic E-state index is 0.0137. The molecule has 0 spiro atoms. The van der Waals surface area contributed by atoms with Crippen LogP contribution in [0.15, 0.2) is 86.0 Å². The van der Waals surface area contributed by atoms with Gasteiger partial charge in [0, 0.05) is 45.1 Å². The summed E-state index contributed by atoms with van der Waals surface area (Å²) in [5.74, 6) is -0.168. The first-order valence-corrected chi connectivity index (χ1v) is 10.2. The summed E-state index contributed by atoms with van der Waals surface area (Å²) in [6.07, 6.45) is 1.61. The molecule has 3 rings (SSSR count). The van der Waals surface area contributed by atoms with Gasteiger partial charge in [0.05, 0.1) is 16.3 Å². The molecule has 0 unspecified atom stereocenters. The summed E-state index contributed by atoms with van der Waals surface area (Å²) in [6, 6.07) is 19.5. The van der Waals surface area contributed by atoms with Crippen molar-refractivity contribution >= 4 is 56.9 Å². The number of carbonyl (C=O) groups is 1. The van der Waals surface area contributed by atoms with Gasteiger partial charge in [0.25, 0.3) is 5.69 Å². The largest absolute Gasteiger partial charge is 0.325 e. The van der Waals surface area contributed by atoms with Crippen LogP contribution in [0, 0.1) is 10.1 Å². The molecule has 0 fully saturated rings. The minimum Gasteiger partial charge on any atom is -0.325 e. The summed E-state index contributed by atoms with van der Waals surface area (Å²) in [5.41, 5.74) is 2.00. The number of para-hydroxylation sites is 1. The first-order valence-electron chi connectivity index (χ1n) is 8.55. The second-order valence-electron chi connectivity index (χ2n) is 6.00. The van der Waals surface area contributed by atoms with Crippen LogP contribution >= 0.6 is 27.7 Å². The summed E-state index contributed by atoms with van der Waals surface area (Å²) in [5, 5.41) is 14.0. The van der Waals surface area contributed by atoms with E-state index >= 15 is 0 Å². The van der Waals surface area contributed by atoms with Gasteiger partial charge in [-0.15, -0.1) is 0 Å². The van der Waals surface area contributed by atoms with Gasteiger partial charge in [-0.1, -0.05) is 45.9 Å². The SMILES string of the molecule is CC(=O)Nc1ccccc1Sc1ccc([N+](=O)[O-])cc1C=Nc1cccc(Br)c1. The van der Waals surface area contributed by atoms with Crippen LogP contribution in [0.5, 0.6) is 0 Å². The predicted molar refractivity (Wildman–Crippen MR) is 119 cm³/mol. The Kier molecular flexibility index (Phi) is 6.79. The van der Waals surface area contributed by atoms with Crippen molar-refractivity contribution in [1.29, 1.82) is 0 Å². The smallest absolute Gasteiger partial charge is 0.270 e. The molecule has 0 radical (unpaired) electrons.